The van der Waals surface area contributed by atoms with Crippen molar-refractivity contribution < 1.29 is 9.13 Å². The predicted octanol–water partition coefficient (Wildman–Crippen LogP) is 4.56. The van der Waals surface area contributed by atoms with Crippen molar-refractivity contribution in [2.45, 2.75) is 5.88 Å². The Bertz CT molecular complexity index is 583. The molecular weight excluding hydrogens is 346 g/mol. The van der Waals surface area contributed by atoms with Gasteiger partial charge in [-0.1, -0.05) is 27.5 Å². The summed E-state index contributed by atoms with van der Waals surface area (Å²) in [7, 11) is 0. The Labute approximate surface area is 121 Å². The number of hydrogen-bond donors (Lipinski definition) is 0. The van der Waals surface area contributed by atoms with Crippen LogP contribution in [0.1, 0.15) is 5.56 Å². The van der Waals surface area contributed by atoms with Crippen LogP contribution in [0.15, 0.2) is 29.0 Å². The van der Waals surface area contributed by atoms with Gasteiger partial charge in [-0.25, -0.2) is 14.4 Å². The molecule has 0 radical (unpaired) electrons. The highest BCUT2D eigenvalue weighted by Gasteiger charge is 2.13. The van der Waals surface area contributed by atoms with Crippen molar-refractivity contribution in [3.63, 3.8) is 0 Å². The maximum absolute atomic E-state index is 13.5. The van der Waals surface area contributed by atoms with Gasteiger partial charge in [0.2, 0.25) is 5.88 Å². The maximum atomic E-state index is 13.5. The van der Waals surface area contributed by atoms with Gasteiger partial charge in [0.1, 0.15) is 11.5 Å². The molecule has 0 bridgehead atoms. The smallest absolute Gasteiger partial charge is 0.228 e. The average molecular weight is 352 g/mol. The van der Waals surface area contributed by atoms with Crippen LogP contribution >= 0.6 is 39.1 Å². The second-order valence-electron chi connectivity index (χ2n) is 3.26. The minimum atomic E-state index is -0.506. The summed E-state index contributed by atoms with van der Waals surface area (Å²) in [5.41, 5.74) is 0.417. The fourth-order valence-electron chi connectivity index (χ4n) is 1.24. The highest BCUT2D eigenvalue weighted by Crippen LogP contribution is 2.31. The van der Waals surface area contributed by atoms with Crippen LogP contribution < -0.4 is 4.74 Å². The van der Waals surface area contributed by atoms with E-state index in [0.29, 0.717) is 10.0 Å². The van der Waals surface area contributed by atoms with Crippen molar-refractivity contribution >= 4 is 39.1 Å². The quantitative estimate of drug-likeness (QED) is 0.600. The van der Waals surface area contributed by atoms with Crippen LogP contribution in [0.5, 0.6) is 11.6 Å². The Hall–Kier alpha value is -0.910. The number of aromatic nitrogens is 2. The zero-order valence-corrected chi connectivity index (χ0v) is 11.9. The first-order chi connectivity index (χ1) is 8.61. The second kappa shape index (κ2) is 5.82. The summed E-state index contributed by atoms with van der Waals surface area (Å²) in [6.45, 7) is 0. The van der Waals surface area contributed by atoms with Gasteiger partial charge >= 0.3 is 0 Å². The molecular formula is C11H6BrCl2FN2O. The fourth-order valence-corrected chi connectivity index (χ4v) is 2.08. The van der Waals surface area contributed by atoms with Gasteiger partial charge < -0.3 is 4.74 Å². The molecule has 0 saturated heterocycles. The number of benzene rings is 1. The predicted molar refractivity (Wildman–Crippen MR) is 70.8 cm³/mol. The highest BCUT2D eigenvalue weighted by atomic mass is 79.9. The van der Waals surface area contributed by atoms with Gasteiger partial charge in [-0.2, -0.15) is 0 Å². The van der Waals surface area contributed by atoms with Gasteiger partial charge in [-0.3, -0.25) is 0 Å². The van der Waals surface area contributed by atoms with Crippen molar-refractivity contribution in [1.29, 1.82) is 0 Å². The van der Waals surface area contributed by atoms with Gasteiger partial charge in [-0.05, 0) is 18.2 Å². The van der Waals surface area contributed by atoms with Crippen molar-refractivity contribution in [1.82, 2.24) is 9.97 Å². The van der Waals surface area contributed by atoms with Crippen molar-refractivity contribution in [2.24, 2.45) is 0 Å². The van der Waals surface area contributed by atoms with E-state index in [2.05, 4.69) is 25.9 Å². The van der Waals surface area contributed by atoms with E-state index in [9.17, 15) is 4.39 Å². The van der Waals surface area contributed by atoms with E-state index in [-0.39, 0.29) is 22.7 Å². The third-order valence-corrected chi connectivity index (χ3v) is 3.17. The molecule has 0 aliphatic carbocycles. The Morgan fingerprint density at radius 1 is 1.33 bits per heavy atom. The first kappa shape index (κ1) is 13.5. The lowest BCUT2D eigenvalue weighted by Crippen LogP contribution is -1.97. The lowest BCUT2D eigenvalue weighted by Gasteiger charge is -2.09. The summed E-state index contributed by atoms with van der Waals surface area (Å²) in [6, 6.07) is 4.34. The highest BCUT2D eigenvalue weighted by molar-refractivity contribution is 9.10. The summed E-state index contributed by atoms with van der Waals surface area (Å²) in [5.74, 6) is -0.258. The standard InChI is InChI=1S/C11H6BrCl2FN2O/c12-6-1-2-8(15)9(3-6)18-11-7(4-13)10(14)16-5-17-11/h1-3,5H,4H2. The number of nitrogens with zero attached hydrogens (tertiary/aromatic N) is 2. The number of halogens is 4. The summed E-state index contributed by atoms with van der Waals surface area (Å²) in [4.78, 5) is 7.67. The van der Waals surface area contributed by atoms with E-state index < -0.39 is 5.82 Å². The van der Waals surface area contributed by atoms with Gasteiger partial charge in [0, 0.05) is 4.47 Å². The molecule has 0 aliphatic rings. The lowest BCUT2D eigenvalue weighted by molar-refractivity contribution is 0.422. The molecule has 0 unspecified atom stereocenters. The van der Waals surface area contributed by atoms with Crippen molar-refractivity contribution in [3.05, 3.63) is 45.5 Å². The first-order valence-electron chi connectivity index (χ1n) is 4.80. The van der Waals surface area contributed by atoms with E-state index in [4.69, 9.17) is 27.9 Å². The van der Waals surface area contributed by atoms with Crippen LogP contribution in [0.4, 0.5) is 4.39 Å². The molecule has 2 aromatic rings. The largest absolute Gasteiger partial charge is 0.435 e. The SMILES string of the molecule is Fc1ccc(Br)cc1Oc1ncnc(Cl)c1CCl. The molecule has 0 fully saturated rings. The van der Waals surface area contributed by atoms with E-state index in [1.807, 2.05) is 0 Å². The Morgan fingerprint density at radius 3 is 2.83 bits per heavy atom. The molecule has 1 heterocycles. The zero-order chi connectivity index (χ0) is 13.1. The van der Waals surface area contributed by atoms with E-state index in [1.54, 1.807) is 6.07 Å². The molecule has 0 amide bonds. The van der Waals surface area contributed by atoms with Gasteiger partial charge in [0.15, 0.2) is 11.6 Å². The van der Waals surface area contributed by atoms with Crippen LogP contribution in [0.3, 0.4) is 0 Å². The van der Waals surface area contributed by atoms with Crippen LogP contribution in [-0.2, 0) is 5.88 Å². The third kappa shape index (κ3) is 2.91. The first-order valence-corrected chi connectivity index (χ1v) is 6.50. The third-order valence-electron chi connectivity index (χ3n) is 2.09. The molecule has 0 N–H and O–H groups in total. The van der Waals surface area contributed by atoms with E-state index in [1.165, 1.54) is 18.5 Å². The molecule has 18 heavy (non-hydrogen) atoms. The number of rotatable bonds is 3. The lowest BCUT2D eigenvalue weighted by atomic mass is 10.3. The molecule has 0 saturated carbocycles. The number of alkyl halides is 1. The molecule has 0 spiro atoms. The molecule has 7 heteroatoms. The topological polar surface area (TPSA) is 35.0 Å². The molecule has 3 nitrogen and oxygen atoms in total. The molecule has 0 atom stereocenters. The van der Waals surface area contributed by atoms with Crippen LogP contribution in [-0.4, -0.2) is 9.97 Å². The number of ether oxygens (including phenoxy) is 1. The van der Waals surface area contributed by atoms with Crippen LogP contribution in [0.25, 0.3) is 0 Å². The Balaban J connectivity index is 2.40. The molecule has 0 aliphatic heterocycles. The summed E-state index contributed by atoms with van der Waals surface area (Å²) in [5, 5.41) is 0.186. The van der Waals surface area contributed by atoms with E-state index in [0.717, 1.165) is 0 Å². The Morgan fingerprint density at radius 2 is 2.11 bits per heavy atom. The van der Waals surface area contributed by atoms with Crippen LogP contribution in [0.2, 0.25) is 5.15 Å². The van der Waals surface area contributed by atoms with E-state index >= 15 is 0 Å². The maximum Gasteiger partial charge on any atom is 0.228 e. The summed E-state index contributed by atoms with van der Waals surface area (Å²) in [6.07, 6.45) is 1.23. The molecule has 1 aromatic carbocycles. The van der Waals surface area contributed by atoms with Crippen molar-refractivity contribution in [3.8, 4) is 11.6 Å². The average Bonchev–Trinajstić information content (AvgIpc) is 2.34. The van der Waals surface area contributed by atoms with Crippen LogP contribution in [0, 0.1) is 5.82 Å². The molecule has 94 valence electrons. The van der Waals surface area contributed by atoms with Gasteiger partial charge in [0.25, 0.3) is 0 Å². The molecule has 2 rings (SSSR count). The summed E-state index contributed by atoms with van der Waals surface area (Å²) < 4.78 is 19.6. The van der Waals surface area contributed by atoms with Gasteiger partial charge in [-0.15, -0.1) is 11.6 Å². The molecule has 1 aromatic heterocycles. The van der Waals surface area contributed by atoms with Gasteiger partial charge in [0.05, 0.1) is 11.4 Å². The Kier molecular flexibility index (Phi) is 4.37. The minimum absolute atomic E-state index is 0.0329. The summed E-state index contributed by atoms with van der Waals surface area (Å²) >= 11 is 14.8. The second-order valence-corrected chi connectivity index (χ2v) is 4.80. The fraction of sp³-hybridized carbons (Fsp3) is 0.0909. The van der Waals surface area contributed by atoms with Crippen molar-refractivity contribution in [2.75, 3.05) is 0 Å². The normalized spacial score (nSPS) is 10.4. The number of hydrogen-bond acceptors (Lipinski definition) is 3. The minimum Gasteiger partial charge on any atom is -0.435 e. The zero-order valence-electron chi connectivity index (χ0n) is 8.83. The monoisotopic (exact) mass is 350 g/mol.